The maximum absolute atomic E-state index is 11.5. The molecule has 0 radical (unpaired) electrons. The zero-order chi connectivity index (χ0) is 13.1. The second-order valence-electron chi connectivity index (χ2n) is 3.05. The summed E-state index contributed by atoms with van der Waals surface area (Å²) in [6, 6.07) is 4.56. The van der Waals surface area contributed by atoms with Gasteiger partial charge in [-0.3, -0.25) is 4.55 Å². The minimum atomic E-state index is -4.14. The molecule has 0 aliphatic rings. The van der Waals surface area contributed by atoms with Crippen LogP contribution in [0, 0.1) is 0 Å². The van der Waals surface area contributed by atoms with Crippen LogP contribution in [0.1, 0.15) is 10.4 Å². The number of esters is 1. The maximum Gasteiger partial charge on any atom is 0.339 e. The fourth-order valence-corrected chi connectivity index (χ4v) is 2.02. The molecule has 0 aliphatic carbocycles. The lowest BCUT2D eigenvalue weighted by Gasteiger charge is -2.05. The van der Waals surface area contributed by atoms with Crippen molar-refractivity contribution in [3.8, 4) is 0 Å². The second-order valence-corrected chi connectivity index (χ2v) is 5.94. The minimum Gasteiger partial charge on any atom is -0.461 e. The SMILES string of the molecule is O=C(OCCS(=O)(=O)O)c1ccc(Br)cc1Cl. The van der Waals surface area contributed by atoms with E-state index in [9.17, 15) is 13.2 Å². The summed E-state index contributed by atoms with van der Waals surface area (Å²) in [7, 11) is -4.14. The number of hydrogen-bond donors (Lipinski definition) is 1. The van der Waals surface area contributed by atoms with Crippen molar-refractivity contribution in [1.29, 1.82) is 0 Å². The lowest BCUT2D eigenvalue weighted by atomic mass is 10.2. The molecule has 1 aromatic carbocycles. The van der Waals surface area contributed by atoms with E-state index in [-0.39, 0.29) is 10.6 Å². The number of ether oxygens (including phenoxy) is 1. The highest BCUT2D eigenvalue weighted by Crippen LogP contribution is 2.21. The van der Waals surface area contributed by atoms with Crippen LogP contribution in [0.2, 0.25) is 5.02 Å². The van der Waals surface area contributed by atoms with Gasteiger partial charge in [0.25, 0.3) is 10.1 Å². The monoisotopic (exact) mass is 342 g/mol. The molecule has 94 valence electrons. The molecular weight excluding hydrogens is 336 g/mol. The number of rotatable bonds is 4. The van der Waals surface area contributed by atoms with Gasteiger partial charge in [-0.2, -0.15) is 8.42 Å². The molecule has 1 aromatic rings. The maximum atomic E-state index is 11.5. The third-order valence-electron chi connectivity index (χ3n) is 1.73. The van der Waals surface area contributed by atoms with Gasteiger partial charge in [0.05, 0.1) is 10.6 Å². The first kappa shape index (κ1) is 14.4. The molecule has 1 N–H and O–H groups in total. The van der Waals surface area contributed by atoms with Crippen LogP contribution in [0.4, 0.5) is 0 Å². The van der Waals surface area contributed by atoms with Crippen molar-refractivity contribution in [3.63, 3.8) is 0 Å². The zero-order valence-corrected chi connectivity index (χ0v) is 11.5. The molecule has 1 rings (SSSR count). The first-order chi connectivity index (χ1) is 7.79. The summed E-state index contributed by atoms with van der Waals surface area (Å²) in [4.78, 5) is 11.5. The third-order valence-corrected chi connectivity index (χ3v) is 3.21. The van der Waals surface area contributed by atoms with E-state index in [0.717, 1.165) is 0 Å². The van der Waals surface area contributed by atoms with Crippen molar-refractivity contribution in [1.82, 2.24) is 0 Å². The molecule has 8 heteroatoms. The van der Waals surface area contributed by atoms with Crippen LogP contribution in [0.15, 0.2) is 22.7 Å². The number of halogens is 2. The summed E-state index contributed by atoms with van der Waals surface area (Å²) in [6.45, 7) is -0.427. The molecular formula is C9H8BrClO5S. The van der Waals surface area contributed by atoms with Gasteiger partial charge in [0.2, 0.25) is 0 Å². The van der Waals surface area contributed by atoms with Crippen molar-refractivity contribution >= 4 is 43.6 Å². The Morgan fingerprint density at radius 1 is 1.47 bits per heavy atom. The van der Waals surface area contributed by atoms with Gasteiger partial charge in [-0.25, -0.2) is 4.79 Å². The van der Waals surface area contributed by atoms with E-state index in [1.165, 1.54) is 12.1 Å². The molecule has 0 saturated carbocycles. The molecule has 0 atom stereocenters. The summed E-state index contributed by atoms with van der Waals surface area (Å²) < 4.78 is 34.6. The molecule has 0 heterocycles. The molecule has 0 amide bonds. The predicted molar refractivity (Wildman–Crippen MR) is 65.9 cm³/mol. The molecule has 0 saturated heterocycles. The molecule has 0 spiro atoms. The van der Waals surface area contributed by atoms with E-state index in [0.29, 0.717) is 4.47 Å². The smallest absolute Gasteiger partial charge is 0.339 e. The Hall–Kier alpha value is -0.630. The van der Waals surface area contributed by atoms with E-state index in [2.05, 4.69) is 20.7 Å². The van der Waals surface area contributed by atoms with Crippen LogP contribution in [0.3, 0.4) is 0 Å². The quantitative estimate of drug-likeness (QED) is 0.669. The summed E-state index contributed by atoms with van der Waals surface area (Å²) in [5, 5.41) is 0.191. The standard InChI is InChI=1S/C9H8BrClO5S/c10-6-1-2-7(8(11)5-6)9(12)16-3-4-17(13,14)15/h1-2,5H,3-4H2,(H,13,14,15). The summed E-state index contributed by atoms with van der Waals surface area (Å²) in [5.74, 6) is -1.39. The van der Waals surface area contributed by atoms with E-state index >= 15 is 0 Å². The Morgan fingerprint density at radius 2 is 2.12 bits per heavy atom. The average Bonchev–Trinajstić information content (AvgIpc) is 2.15. The molecule has 0 unspecified atom stereocenters. The zero-order valence-electron chi connectivity index (χ0n) is 8.39. The van der Waals surface area contributed by atoms with Gasteiger partial charge in [0, 0.05) is 4.47 Å². The Balaban J connectivity index is 2.65. The molecule has 0 fully saturated rings. The third kappa shape index (κ3) is 5.03. The van der Waals surface area contributed by atoms with Crippen molar-refractivity contribution in [3.05, 3.63) is 33.3 Å². The molecule has 17 heavy (non-hydrogen) atoms. The Bertz CT molecular complexity index is 528. The average molecular weight is 344 g/mol. The second kappa shape index (κ2) is 5.81. The molecule has 5 nitrogen and oxygen atoms in total. The van der Waals surface area contributed by atoms with E-state index in [1.54, 1.807) is 6.07 Å². The number of benzene rings is 1. The van der Waals surface area contributed by atoms with Crippen molar-refractivity contribution in [2.45, 2.75) is 0 Å². The van der Waals surface area contributed by atoms with Crippen LogP contribution < -0.4 is 0 Å². The molecule has 0 aromatic heterocycles. The van der Waals surface area contributed by atoms with Gasteiger partial charge < -0.3 is 4.74 Å². The largest absolute Gasteiger partial charge is 0.461 e. The van der Waals surface area contributed by atoms with Crippen LogP contribution >= 0.6 is 27.5 Å². The van der Waals surface area contributed by atoms with Gasteiger partial charge in [0.1, 0.15) is 12.4 Å². The summed E-state index contributed by atoms with van der Waals surface area (Å²) in [5.41, 5.74) is 0.130. The fourth-order valence-electron chi connectivity index (χ4n) is 0.972. The van der Waals surface area contributed by atoms with E-state index < -0.39 is 28.4 Å². The number of carbonyl (C=O) groups is 1. The van der Waals surface area contributed by atoms with Gasteiger partial charge >= 0.3 is 5.97 Å². The highest BCUT2D eigenvalue weighted by Gasteiger charge is 2.13. The van der Waals surface area contributed by atoms with Crippen LogP contribution in [0.5, 0.6) is 0 Å². The molecule has 0 aliphatic heterocycles. The Labute approximate surface area is 112 Å². The highest BCUT2D eigenvalue weighted by molar-refractivity contribution is 9.10. The van der Waals surface area contributed by atoms with Crippen molar-refractivity contribution < 1.29 is 22.5 Å². The summed E-state index contributed by atoms with van der Waals surface area (Å²) >= 11 is 8.97. The Morgan fingerprint density at radius 3 is 2.65 bits per heavy atom. The van der Waals surface area contributed by atoms with Gasteiger partial charge in [0.15, 0.2) is 0 Å². The minimum absolute atomic E-state index is 0.130. The van der Waals surface area contributed by atoms with E-state index in [1.807, 2.05) is 0 Å². The van der Waals surface area contributed by atoms with Crippen molar-refractivity contribution in [2.75, 3.05) is 12.4 Å². The van der Waals surface area contributed by atoms with E-state index in [4.69, 9.17) is 16.2 Å². The van der Waals surface area contributed by atoms with Crippen LogP contribution in [0.25, 0.3) is 0 Å². The predicted octanol–water partition coefficient (Wildman–Crippen LogP) is 2.15. The number of carbonyl (C=O) groups excluding carboxylic acids is 1. The first-order valence-electron chi connectivity index (χ1n) is 4.37. The Kier molecular flexibility index (Phi) is 4.93. The van der Waals surface area contributed by atoms with Crippen LogP contribution in [-0.4, -0.2) is 31.3 Å². The van der Waals surface area contributed by atoms with Gasteiger partial charge in [-0.05, 0) is 18.2 Å². The highest BCUT2D eigenvalue weighted by atomic mass is 79.9. The number of hydrogen-bond acceptors (Lipinski definition) is 4. The normalized spacial score (nSPS) is 11.2. The lowest BCUT2D eigenvalue weighted by Crippen LogP contribution is -2.14. The fraction of sp³-hybridized carbons (Fsp3) is 0.222. The van der Waals surface area contributed by atoms with Gasteiger partial charge in [-0.1, -0.05) is 27.5 Å². The topological polar surface area (TPSA) is 80.7 Å². The molecule has 0 bridgehead atoms. The van der Waals surface area contributed by atoms with Crippen molar-refractivity contribution in [2.24, 2.45) is 0 Å². The first-order valence-corrected chi connectivity index (χ1v) is 7.15. The van der Waals surface area contributed by atoms with Crippen LogP contribution in [-0.2, 0) is 14.9 Å². The summed E-state index contributed by atoms with van der Waals surface area (Å²) in [6.07, 6.45) is 0. The lowest BCUT2D eigenvalue weighted by molar-refractivity contribution is 0.0528. The van der Waals surface area contributed by atoms with Gasteiger partial charge in [-0.15, -0.1) is 0 Å².